The van der Waals surface area contributed by atoms with E-state index in [1.807, 2.05) is 13.0 Å². The summed E-state index contributed by atoms with van der Waals surface area (Å²) >= 11 is 0. The highest BCUT2D eigenvalue weighted by molar-refractivity contribution is 5.81. The molecule has 4 heteroatoms. The topological polar surface area (TPSA) is 62.1 Å². The van der Waals surface area contributed by atoms with Crippen LogP contribution in [0, 0.1) is 17.2 Å². The fourth-order valence-electron chi connectivity index (χ4n) is 2.53. The number of hydrogen-bond acceptors (Lipinski definition) is 3. The van der Waals surface area contributed by atoms with Gasteiger partial charge in [0, 0.05) is 12.6 Å². The van der Waals surface area contributed by atoms with Crippen molar-refractivity contribution >= 4 is 5.91 Å². The van der Waals surface area contributed by atoms with Crippen LogP contribution in [-0.2, 0) is 9.53 Å². The maximum Gasteiger partial charge on any atom is 0.237 e. The summed E-state index contributed by atoms with van der Waals surface area (Å²) < 4.78 is 5.87. The van der Waals surface area contributed by atoms with Crippen molar-refractivity contribution in [2.75, 3.05) is 6.61 Å². The van der Waals surface area contributed by atoms with E-state index in [0.29, 0.717) is 13.0 Å². The number of nitriles is 1. The van der Waals surface area contributed by atoms with Gasteiger partial charge in [-0.3, -0.25) is 4.79 Å². The van der Waals surface area contributed by atoms with Crippen molar-refractivity contribution in [1.29, 1.82) is 5.26 Å². The average Bonchev–Trinajstić information content (AvgIpc) is 2.40. The van der Waals surface area contributed by atoms with Crippen LogP contribution < -0.4 is 5.32 Å². The second-order valence-electron chi connectivity index (χ2n) is 5.03. The van der Waals surface area contributed by atoms with E-state index in [2.05, 4.69) is 19.2 Å². The smallest absolute Gasteiger partial charge is 0.237 e. The first-order valence-electron chi connectivity index (χ1n) is 6.94. The van der Waals surface area contributed by atoms with Gasteiger partial charge in [0.15, 0.2) is 0 Å². The predicted octanol–water partition coefficient (Wildman–Crippen LogP) is 2.39. The van der Waals surface area contributed by atoms with Crippen LogP contribution in [0.1, 0.15) is 52.9 Å². The Morgan fingerprint density at radius 1 is 1.50 bits per heavy atom. The molecule has 0 aromatic rings. The molecule has 1 N–H and O–H groups in total. The monoisotopic (exact) mass is 252 g/mol. The average molecular weight is 252 g/mol. The fourth-order valence-corrected chi connectivity index (χ4v) is 2.53. The highest BCUT2D eigenvalue weighted by Crippen LogP contribution is 2.31. The summed E-state index contributed by atoms with van der Waals surface area (Å²) in [5.74, 6) is -0.654. The van der Waals surface area contributed by atoms with Gasteiger partial charge in [0.1, 0.15) is 5.92 Å². The molecule has 0 radical (unpaired) electrons. The van der Waals surface area contributed by atoms with E-state index >= 15 is 0 Å². The molecule has 1 amide bonds. The Kier molecular flexibility index (Phi) is 5.61. The molecule has 0 saturated carbocycles. The second-order valence-corrected chi connectivity index (χ2v) is 5.03. The van der Waals surface area contributed by atoms with Gasteiger partial charge in [-0.25, -0.2) is 0 Å². The zero-order valence-corrected chi connectivity index (χ0v) is 11.7. The lowest BCUT2D eigenvalue weighted by molar-refractivity contribution is -0.128. The van der Waals surface area contributed by atoms with E-state index < -0.39 is 5.92 Å². The van der Waals surface area contributed by atoms with Crippen LogP contribution in [-0.4, -0.2) is 24.2 Å². The van der Waals surface area contributed by atoms with Gasteiger partial charge in [0.2, 0.25) is 5.91 Å². The molecule has 0 aromatic carbocycles. The molecule has 1 saturated heterocycles. The molecule has 1 aliphatic rings. The van der Waals surface area contributed by atoms with Crippen LogP contribution >= 0.6 is 0 Å². The maximum absolute atomic E-state index is 11.9. The van der Waals surface area contributed by atoms with E-state index in [4.69, 9.17) is 10.00 Å². The minimum Gasteiger partial charge on any atom is -0.375 e. The first-order valence-corrected chi connectivity index (χ1v) is 6.94. The van der Waals surface area contributed by atoms with Crippen molar-refractivity contribution in [1.82, 2.24) is 5.32 Å². The molecular weight excluding hydrogens is 228 g/mol. The third kappa shape index (κ3) is 3.46. The lowest BCUT2D eigenvalue weighted by Crippen LogP contribution is -2.49. The molecule has 1 aliphatic heterocycles. The molecule has 18 heavy (non-hydrogen) atoms. The van der Waals surface area contributed by atoms with Crippen molar-refractivity contribution < 1.29 is 9.53 Å². The normalized spacial score (nSPS) is 24.0. The lowest BCUT2D eigenvalue weighted by atomic mass is 9.85. The summed E-state index contributed by atoms with van der Waals surface area (Å²) in [6.45, 7) is 6.80. The van der Waals surface area contributed by atoms with Gasteiger partial charge in [-0.2, -0.15) is 5.26 Å². The van der Waals surface area contributed by atoms with Crippen LogP contribution in [0.25, 0.3) is 0 Å². The SMILES string of the molecule is CCC(C#N)C(=O)NC1CCOC(CC)(CC)C1. The molecule has 1 rings (SSSR count). The Morgan fingerprint density at radius 3 is 2.67 bits per heavy atom. The highest BCUT2D eigenvalue weighted by Gasteiger charge is 2.35. The first-order chi connectivity index (χ1) is 8.60. The summed E-state index contributed by atoms with van der Waals surface area (Å²) in [6, 6.07) is 2.19. The van der Waals surface area contributed by atoms with E-state index in [1.165, 1.54) is 0 Å². The summed E-state index contributed by atoms with van der Waals surface area (Å²) in [6.07, 6.45) is 4.19. The number of carbonyl (C=O) groups excluding carboxylic acids is 1. The van der Waals surface area contributed by atoms with E-state index in [0.717, 1.165) is 25.7 Å². The molecule has 2 unspecified atom stereocenters. The van der Waals surface area contributed by atoms with Gasteiger partial charge in [-0.1, -0.05) is 20.8 Å². The van der Waals surface area contributed by atoms with E-state index in [9.17, 15) is 4.79 Å². The summed E-state index contributed by atoms with van der Waals surface area (Å²) in [5, 5.41) is 11.9. The zero-order valence-electron chi connectivity index (χ0n) is 11.7. The van der Waals surface area contributed by atoms with Gasteiger partial charge in [0.25, 0.3) is 0 Å². The first kappa shape index (κ1) is 15.0. The van der Waals surface area contributed by atoms with Gasteiger partial charge in [0.05, 0.1) is 11.7 Å². The Labute approximate surface area is 110 Å². The minimum absolute atomic E-state index is 0.0927. The van der Waals surface area contributed by atoms with Gasteiger partial charge in [-0.15, -0.1) is 0 Å². The Hall–Kier alpha value is -1.08. The van der Waals surface area contributed by atoms with Gasteiger partial charge in [-0.05, 0) is 32.1 Å². The second kappa shape index (κ2) is 6.75. The Balaban J connectivity index is 2.58. The quantitative estimate of drug-likeness (QED) is 0.817. The molecule has 0 aliphatic carbocycles. The lowest BCUT2D eigenvalue weighted by Gasteiger charge is -2.40. The number of ether oxygens (including phenoxy) is 1. The highest BCUT2D eigenvalue weighted by atomic mass is 16.5. The zero-order chi connectivity index (χ0) is 13.6. The Bertz CT molecular complexity index is 318. The van der Waals surface area contributed by atoms with Gasteiger partial charge < -0.3 is 10.1 Å². The predicted molar refractivity (Wildman–Crippen MR) is 69.8 cm³/mol. The van der Waals surface area contributed by atoms with Crippen LogP contribution in [0.4, 0.5) is 0 Å². The third-order valence-electron chi connectivity index (χ3n) is 4.01. The molecule has 1 heterocycles. The van der Waals surface area contributed by atoms with Crippen molar-refractivity contribution in [3.05, 3.63) is 0 Å². The maximum atomic E-state index is 11.9. The van der Waals surface area contributed by atoms with Crippen LogP contribution in [0.15, 0.2) is 0 Å². The molecule has 2 atom stereocenters. The van der Waals surface area contributed by atoms with E-state index in [-0.39, 0.29) is 17.6 Å². The summed E-state index contributed by atoms with van der Waals surface area (Å²) in [4.78, 5) is 11.9. The summed E-state index contributed by atoms with van der Waals surface area (Å²) in [5.41, 5.74) is -0.0927. The fraction of sp³-hybridized carbons (Fsp3) is 0.857. The van der Waals surface area contributed by atoms with Crippen LogP contribution in [0.3, 0.4) is 0 Å². The van der Waals surface area contributed by atoms with E-state index in [1.54, 1.807) is 0 Å². The molecule has 102 valence electrons. The van der Waals surface area contributed by atoms with Crippen LogP contribution in [0.5, 0.6) is 0 Å². The number of amides is 1. The van der Waals surface area contributed by atoms with Crippen molar-refractivity contribution in [3.8, 4) is 6.07 Å². The summed E-state index contributed by atoms with van der Waals surface area (Å²) in [7, 11) is 0. The molecule has 0 bridgehead atoms. The standard InChI is InChI=1S/C14H24N2O2/c1-4-11(10-15)13(17)16-12-7-8-18-14(5-2,6-3)9-12/h11-12H,4-9H2,1-3H3,(H,16,17). The third-order valence-corrected chi connectivity index (χ3v) is 4.01. The number of nitrogens with zero attached hydrogens (tertiary/aromatic N) is 1. The number of carbonyl (C=O) groups is 1. The van der Waals surface area contributed by atoms with Crippen molar-refractivity contribution in [2.24, 2.45) is 5.92 Å². The molecule has 0 aromatic heterocycles. The van der Waals surface area contributed by atoms with Crippen molar-refractivity contribution in [2.45, 2.75) is 64.5 Å². The van der Waals surface area contributed by atoms with Crippen molar-refractivity contribution in [3.63, 3.8) is 0 Å². The molecule has 1 fully saturated rings. The molecule has 0 spiro atoms. The molecular formula is C14H24N2O2. The number of hydrogen-bond donors (Lipinski definition) is 1. The largest absolute Gasteiger partial charge is 0.375 e. The van der Waals surface area contributed by atoms with Gasteiger partial charge >= 0.3 is 0 Å². The Morgan fingerprint density at radius 2 is 2.17 bits per heavy atom. The minimum atomic E-state index is -0.523. The van der Waals surface area contributed by atoms with Crippen LogP contribution in [0.2, 0.25) is 0 Å². The number of rotatable bonds is 5. The molecule has 4 nitrogen and oxygen atoms in total. The number of nitrogens with one attached hydrogen (secondary N) is 1.